The van der Waals surface area contributed by atoms with E-state index < -0.39 is 11.5 Å². The summed E-state index contributed by atoms with van der Waals surface area (Å²) in [4.78, 5) is 38.0. The molecule has 1 spiro atoms. The van der Waals surface area contributed by atoms with Crippen molar-refractivity contribution in [3.63, 3.8) is 0 Å². The molecule has 0 radical (unpaired) electrons. The van der Waals surface area contributed by atoms with Crippen LogP contribution in [0.4, 0.5) is 0 Å². The Balaban J connectivity index is 1.15. The van der Waals surface area contributed by atoms with Crippen LogP contribution in [0.25, 0.3) is 5.82 Å². The van der Waals surface area contributed by atoms with Crippen LogP contribution < -0.4 is 0 Å². The summed E-state index contributed by atoms with van der Waals surface area (Å²) in [6, 6.07) is 0.501. The molecule has 1 N–H and O–H groups in total. The summed E-state index contributed by atoms with van der Waals surface area (Å²) >= 11 is 0. The van der Waals surface area contributed by atoms with Crippen LogP contribution in [0.2, 0.25) is 0 Å². The fourth-order valence-electron chi connectivity index (χ4n) is 6.38. The van der Waals surface area contributed by atoms with E-state index in [4.69, 9.17) is 4.74 Å². The number of hydrogen-bond donors (Lipinski definition) is 1. The van der Waals surface area contributed by atoms with Crippen LogP contribution in [0, 0.1) is 5.41 Å². The first-order valence-corrected chi connectivity index (χ1v) is 11.6. The number of rotatable bonds is 5. The molecule has 1 amide bonds. The molecule has 3 saturated heterocycles. The van der Waals surface area contributed by atoms with Crippen LogP contribution in [0.5, 0.6) is 0 Å². The van der Waals surface area contributed by atoms with Crippen molar-refractivity contribution in [1.29, 1.82) is 0 Å². The van der Waals surface area contributed by atoms with E-state index >= 15 is 0 Å². The number of aromatic nitrogens is 6. The Bertz CT molecular complexity index is 1120. The molecule has 2 aromatic heterocycles. The SMILES string of the molecule is CC1CC2(C[C@H]3CC[C@H](C2)N3CC(O)c2cnc(-n3cnnn3)cn2)C(=O)N1C1=CC(=O)OC1. The molecule has 2 bridgehead atoms. The molecule has 12 heteroatoms. The number of piperidine rings is 1. The molecular formula is C22H26N8O4. The summed E-state index contributed by atoms with van der Waals surface area (Å²) in [5.41, 5.74) is 0.756. The molecule has 12 nitrogen and oxygen atoms in total. The van der Waals surface area contributed by atoms with Gasteiger partial charge in [-0.25, -0.2) is 9.78 Å². The number of amides is 1. The highest BCUT2D eigenvalue weighted by atomic mass is 16.5. The van der Waals surface area contributed by atoms with Crippen molar-refractivity contribution in [3.05, 3.63) is 36.2 Å². The second-order valence-electron chi connectivity index (χ2n) is 9.81. The van der Waals surface area contributed by atoms with Crippen molar-refractivity contribution < 1.29 is 19.4 Å². The van der Waals surface area contributed by atoms with E-state index in [1.807, 2.05) is 6.92 Å². The number of carbonyl (C=O) groups excluding carboxylic acids is 2. The molecule has 6 rings (SSSR count). The molecule has 34 heavy (non-hydrogen) atoms. The molecule has 178 valence electrons. The number of ether oxygens (including phenoxy) is 1. The predicted molar refractivity (Wildman–Crippen MR) is 115 cm³/mol. The third-order valence-corrected chi connectivity index (χ3v) is 7.75. The minimum Gasteiger partial charge on any atom is -0.456 e. The Morgan fingerprint density at radius 2 is 1.97 bits per heavy atom. The molecule has 4 aliphatic rings. The summed E-state index contributed by atoms with van der Waals surface area (Å²) in [5, 5.41) is 21.9. The van der Waals surface area contributed by atoms with Gasteiger partial charge in [0.2, 0.25) is 5.91 Å². The number of carbonyl (C=O) groups is 2. The van der Waals surface area contributed by atoms with E-state index in [1.165, 1.54) is 23.3 Å². The monoisotopic (exact) mass is 466 g/mol. The Kier molecular flexibility index (Phi) is 4.96. The van der Waals surface area contributed by atoms with Crippen molar-refractivity contribution in [2.75, 3.05) is 13.2 Å². The summed E-state index contributed by atoms with van der Waals surface area (Å²) < 4.78 is 6.46. The number of fused-ring (bicyclic) bond motifs is 2. The van der Waals surface area contributed by atoms with Gasteiger partial charge in [-0.15, -0.1) is 5.10 Å². The number of hydrogen-bond acceptors (Lipinski definition) is 10. The quantitative estimate of drug-likeness (QED) is 0.606. The molecule has 4 aliphatic heterocycles. The third-order valence-electron chi connectivity index (χ3n) is 7.75. The lowest BCUT2D eigenvalue weighted by Gasteiger charge is -2.44. The standard InChI is InChI=1S/C22H26N8O4/c1-13-5-22(21(33)30(13)16-4-20(32)34-11-16)6-14-2-3-15(7-22)28(14)10-18(31)17-8-24-19(9-23-17)29-12-25-26-27-29/h4,8-9,12-15,18,31H,2-3,5-7,10-11H2,1H3/t13?,14-,15-,18?/m1/s1. The maximum atomic E-state index is 13.6. The highest BCUT2D eigenvalue weighted by Gasteiger charge is 2.58. The van der Waals surface area contributed by atoms with Crippen LogP contribution in [0.1, 0.15) is 50.8 Å². The topological polar surface area (TPSA) is 139 Å². The normalized spacial score (nSPS) is 31.9. The molecule has 2 aromatic rings. The minimum absolute atomic E-state index is 0.0405. The summed E-state index contributed by atoms with van der Waals surface area (Å²) in [6.45, 7) is 2.67. The highest BCUT2D eigenvalue weighted by Crippen LogP contribution is 2.53. The number of esters is 1. The zero-order valence-electron chi connectivity index (χ0n) is 18.8. The minimum atomic E-state index is -0.783. The largest absolute Gasteiger partial charge is 0.456 e. The number of tetrazole rings is 1. The predicted octanol–water partition coefficient (Wildman–Crippen LogP) is 0.160. The summed E-state index contributed by atoms with van der Waals surface area (Å²) in [5.74, 6) is 0.212. The number of cyclic esters (lactones) is 1. The molecule has 3 fully saturated rings. The molecule has 4 atom stereocenters. The van der Waals surface area contributed by atoms with Crippen LogP contribution in [-0.2, 0) is 14.3 Å². The van der Waals surface area contributed by atoms with Gasteiger partial charge in [0.05, 0.1) is 29.2 Å². The second kappa shape index (κ2) is 7.91. The smallest absolute Gasteiger partial charge is 0.333 e. The Hall–Kier alpha value is -3.25. The fourth-order valence-corrected chi connectivity index (χ4v) is 6.38. The molecule has 0 aliphatic carbocycles. The third kappa shape index (κ3) is 3.40. The first-order chi connectivity index (χ1) is 16.4. The van der Waals surface area contributed by atoms with E-state index in [2.05, 4.69) is 30.4 Å². The van der Waals surface area contributed by atoms with Gasteiger partial charge in [-0.1, -0.05) is 0 Å². The van der Waals surface area contributed by atoms with Gasteiger partial charge >= 0.3 is 5.97 Å². The zero-order chi connectivity index (χ0) is 23.4. The lowest BCUT2D eigenvalue weighted by atomic mass is 9.72. The maximum absolute atomic E-state index is 13.6. The van der Waals surface area contributed by atoms with E-state index in [-0.39, 0.29) is 36.6 Å². The fraction of sp³-hybridized carbons (Fsp3) is 0.591. The molecular weight excluding hydrogens is 440 g/mol. The highest BCUT2D eigenvalue weighted by molar-refractivity contribution is 5.91. The average Bonchev–Trinajstić information content (AvgIpc) is 3.59. The Morgan fingerprint density at radius 3 is 2.59 bits per heavy atom. The first-order valence-electron chi connectivity index (χ1n) is 11.6. The van der Waals surface area contributed by atoms with Gasteiger partial charge in [0.25, 0.3) is 0 Å². The molecule has 2 unspecified atom stereocenters. The van der Waals surface area contributed by atoms with Crippen LogP contribution >= 0.6 is 0 Å². The number of aliphatic hydroxyl groups excluding tert-OH is 1. The van der Waals surface area contributed by atoms with Crippen molar-refractivity contribution in [1.82, 2.24) is 40.0 Å². The van der Waals surface area contributed by atoms with E-state index in [0.717, 1.165) is 32.1 Å². The number of nitrogens with zero attached hydrogens (tertiary/aromatic N) is 8. The van der Waals surface area contributed by atoms with Gasteiger partial charge in [-0.3, -0.25) is 14.7 Å². The van der Waals surface area contributed by atoms with Gasteiger partial charge in [0.15, 0.2) is 5.82 Å². The van der Waals surface area contributed by atoms with Crippen LogP contribution in [0.3, 0.4) is 0 Å². The van der Waals surface area contributed by atoms with Crippen molar-refractivity contribution in [2.24, 2.45) is 5.41 Å². The summed E-state index contributed by atoms with van der Waals surface area (Å²) in [6.07, 6.45) is 9.51. The van der Waals surface area contributed by atoms with E-state index in [9.17, 15) is 14.7 Å². The zero-order valence-corrected chi connectivity index (χ0v) is 18.8. The van der Waals surface area contributed by atoms with Gasteiger partial charge < -0.3 is 14.7 Å². The van der Waals surface area contributed by atoms with Crippen molar-refractivity contribution >= 4 is 11.9 Å². The molecule has 0 saturated carbocycles. The number of aliphatic hydroxyl groups is 1. The summed E-state index contributed by atoms with van der Waals surface area (Å²) in [7, 11) is 0. The van der Waals surface area contributed by atoms with Crippen molar-refractivity contribution in [3.8, 4) is 5.82 Å². The van der Waals surface area contributed by atoms with E-state index in [0.29, 0.717) is 23.8 Å². The van der Waals surface area contributed by atoms with Gasteiger partial charge in [0.1, 0.15) is 19.0 Å². The van der Waals surface area contributed by atoms with Gasteiger partial charge in [-0.2, -0.15) is 4.68 Å². The average molecular weight is 467 g/mol. The number of likely N-dealkylation sites (tertiary alicyclic amines) is 1. The van der Waals surface area contributed by atoms with Gasteiger partial charge in [0, 0.05) is 30.7 Å². The van der Waals surface area contributed by atoms with E-state index in [1.54, 1.807) is 11.1 Å². The van der Waals surface area contributed by atoms with Crippen LogP contribution in [-0.4, -0.2) is 88.2 Å². The molecule has 0 aromatic carbocycles. The Morgan fingerprint density at radius 1 is 1.18 bits per heavy atom. The lowest BCUT2D eigenvalue weighted by molar-refractivity contribution is -0.140. The lowest BCUT2D eigenvalue weighted by Crippen LogP contribution is -2.51. The second-order valence-corrected chi connectivity index (χ2v) is 9.81. The van der Waals surface area contributed by atoms with Gasteiger partial charge in [-0.05, 0) is 49.5 Å². The Labute approximate surface area is 195 Å². The molecule has 6 heterocycles. The van der Waals surface area contributed by atoms with Crippen molar-refractivity contribution in [2.45, 2.75) is 63.3 Å². The van der Waals surface area contributed by atoms with Crippen LogP contribution in [0.15, 0.2) is 30.5 Å². The first kappa shape index (κ1) is 21.3. The maximum Gasteiger partial charge on any atom is 0.333 e.